The Morgan fingerprint density at radius 1 is 1.19 bits per heavy atom. The van der Waals surface area contributed by atoms with E-state index in [1.165, 1.54) is 11.6 Å². The summed E-state index contributed by atoms with van der Waals surface area (Å²) in [5.41, 5.74) is 2.33. The van der Waals surface area contributed by atoms with Gasteiger partial charge in [0.2, 0.25) is 0 Å². The van der Waals surface area contributed by atoms with E-state index in [1.807, 2.05) is 13.0 Å². The molecule has 0 atom stereocenters. The van der Waals surface area contributed by atoms with Crippen molar-refractivity contribution in [1.29, 1.82) is 0 Å². The number of hydrogen-bond acceptors (Lipinski definition) is 3. The third-order valence-corrected chi connectivity index (χ3v) is 4.54. The first-order valence-corrected chi connectivity index (χ1v) is 7.78. The van der Waals surface area contributed by atoms with Crippen molar-refractivity contribution in [2.45, 2.75) is 32.9 Å². The molecular formula is C17H28FN3. The van der Waals surface area contributed by atoms with Gasteiger partial charge in [-0.1, -0.05) is 6.07 Å². The summed E-state index contributed by atoms with van der Waals surface area (Å²) < 4.78 is 13.1. The van der Waals surface area contributed by atoms with Crippen molar-refractivity contribution >= 4 is 0 Å². The summed E-state index contributed by atoms with van der Waals surface area (Å²) in [6, 6.07) is 5.01. The highest BCUT2D eigenvalue weighted by molar-refractivity contribution is 5.26. The number of hydrogen-bond donors (Lipinski definition) is 1. The maximum atomic E-state index is 13.1. The maximum absolute atomic E-state index is 13.1. The van der Waals surface area contributed by atoms with Crippen LogP contribution >= 0.6 is 0 Å². The molecule has 1 N–H and O–H groups in total. The van der Waals surface area contributed by atoms with Gasteiger partial charge in [-0.05, 0) is 51.1 Å². The molecule has 1 fully saturated rings. The quantitative estimate of drug-likeness (QED) is 0.898. The molecule has 3 nitrogen and oxygen atoms in total. The molecule has 0 unspecified atom stereocenters. The van der Waals surface area contributed by atoms with Crippen LogP contribution in [0.3, 0.4) is 0 Å². The second-order valence-electron chi connectivity index (χ2n) is 6.78. The summed E-state index contributed by atoms with van der Waals surface area (Å²) in [7, 11) is 2.18. The molecule has 0 radical (unpaired) electrons. The molecule has 0 aliphatic carbocycles. The fraction of sp³-hybridized carbons (Fsp3) is 0.647. The van der Waals surface area contributed by atoms with Gasteiger partial charge in [-0.15, -0.1) is 0 Å². The first-order chi connectivity index (χ1) is 9.88. The zero-order valence-corrected chi connectivity index (χ0v) is 13.7. The van der Waals surface area contributed by atoms with Crippen molar-refractivity contribution in [3.8, 4) is 0 Å². The Morgan fingerprint density at radius 3 is 2.48 bits per heavy atom. The van der Waals surface area contributed by atoms with E-state index < -0.39 is 0 Å². The molecule has 0 saturated carbocycles. The van der Waals surface area contributed by atoms with Gasteiger partial charge in [0.05, 0.1) is 0 Å². The fourth-order valence-electron chi connectivity index (χ4n) is 2.88. The average molecular weight is 293 g/mol. The summed E-state index contributed by atoms with van der Waals surface area (Å²) in [6.07, 6.45) is 0. The number of likely N-dealkylation sites (N-methyl/N-ethyl adjacent to an activating group) is 1. The van der Waals surface area contributed by atoms with Crippen molar-refractivity contribution in [3.63, 3.8) is 0 Å². The number of aryl methyl sites for hydroxylation is 1. The van der Waals surface area contributed by atoms with E-state index in [9.17, 15) is 4.39 Å². The van der Waals surface area contributed by atoms with Crippen LogP contribution in [-0.4, -0.2) is 55.1 Å². The van der Waals surface area contributed by atoms with E-state index in [1.54, 1.807) is 6.07 Å². The zero-order chi connectivity index (χ0) is 15.5. The molecule has 4 heteroatoms. The monoisotopic (exact) mass is 293 g/mol. The topological polar surface area (TPSA) is 18.5 Å². The van der Waals surface area contributed by atoms with Crippen LogP contribution in [-0.2, 0) is 6.54 Å². The third-order valence-electron chi connectivity index (χ3n) is 4.54. The molecule has 0 bridgehead atoms. The zero-order valence-electron chi connectivity index (χ0n) is 13.7. The van der Waals surface area contributed by atoms with Crippen LogP contribution < -0.4 is 5.32 Å². The number of halogens is 1. The minimum Gasteiger partial charge on any atom is -0.311 e. The molecule has 1 aromatic carbocycles. The van der Waals surface area contributed by atoms with Gasteiger partial charge in [-0.25, -0.2) is 4.39 Å². The molecule has 1 saturated heterocycles. The minimum absolute atomic E-state index is 0.148. The third kappa shape index (κ3) is 4.50. The molecule has 0 spiro atoms. The van der Waals surface area contributed by atoms with Gasteiger partial charge < -0.3 is 10.2 Å². The molecule has 1 aromatic rings. The Labute approximate surface area is 128 Å². The van der Waals surface area contributed by atoms with Gasteiger partial charge in [-0.3, -0.25) is 4.90 Å². The Kier molecular flexibility index (Phi) is 5.36. The van der Waals surface area contributed by atoms with E-state index in [0.717, 1.165) is 44.8 Å². The highest BCUT2D eigenvalue weighted by Gasteiger charge is 2.28. The Balaban J connectivity index is 1.84. The van der Waals surface area contributed by atoms with Crippen LogP contribution in [0.1, 0.15) is 25.0 Å². The lowest BCUT2D eigenvalue weighted by Crippen LogP contribution is -2.57. The van der Waals surface area contributed by atoms with E-state index >= 15 is 0 Å². The Morgan fingerprint density at radius 2 is 1.86 bits per heavy atom. The fourth-order valence-corrected chi connectivity index (χ4v) is 2.88. The molecule has 118 valence electrons. The van der Waals surface area contributed by atoms with Gasteiger partial charge in [0.25, 0.3) is 0 Å². The van der Waals surface area contributed by atoms with Crippen LogP contribution in [0.4, 0.5) is 4.39 Å². The molecule has 2 rings (SSSR count). The highest BCUT2D eigenvalue weighted by Crippen LogP contribution is 2.16. The van der Waals surface area contributed by atoms with E-state index in [-0.39, 0.29) is 11.4 Å². The summed E-state index contributed by atoms with van der Waals surface area (Å²) in [6.45, 7) is 12.8. The minimum atomic E-state index is -0.158. The first-order valence-electron chi connectivity index (χ1n) is 7.78. The van der Waals surface area contributed by atoms with Crippen molar-refractivity contribution in [1.82, 2.24) is 15.1 Å². The molecule has 1 aliphatic heterocycles. The Hall–Kier alpha value is -0.970. The SMILES string of the molecule is Cc1cc(F)ccc1CNCC(C)(C)N1CCN(C)CC1. The van der Waals surface area contributed by atoms with Crippen molar-refractivity contribution in [2.24, 2.45) is 0 Å². The Bertz CT molecular complexity index is 465. The predicted molar refractivity (Wildman–Crippen MR) is 86.0 cm³/mol. The van der Waals surface area contributed by atoms with Crippen LogP contribution in [0.5, 0.6) is 0 Å². The van der Waals surface area contributed by atoms with Crippen molar-refractivity contribution in [3.05, 3.63) is 35.1 Å². The van der Waals surface area contributed by atoms with Crippen LogP contribution in [0.2, 0.25) is 0 Å². The smallest absolute Gasteiger partial charge is 0.123 e. The second-order valence-corrected chi connectivity index (χ2v) is 6.78. The lowest BCUT2D eigenvalue weighted by molar-refractivity contribution is 0.0618. The molecule has 0 aromatic heterocycles. The standard InChI is InChI=1S/C17H28FN3/c1-14-11-16(18)6-5-15(14)12-19-13-17(2,3)21-9-7-20(4)8-10-21/h5-6,11,19H,7-10,12-13H2,1-4H3. The summed E-state index contributed by atoms with van der Waals surface area (Å²) in [5.74, 6) is -0.158. The van der Waals surface area contributed by atoms with Crippen LogP contribution in [0.15, 0.2) is 18.2 Å². The van der Waals surface area contributed by atoms with E-state index in [4.69, 9.17) is 0 Å². The normalized spacial score (nSPS) is 18.1. The molecule has 1 aliphatic rings. The summed E-state index contributed by atoms with van der Waals surface area (Å²) in [4.78, 5) is 4.93. The van der Waals surface area contributed by atoms with E-state index in [2.05, 4.69) is 36.0 Å². The molecule has 21 heavy (non-hydrogen) atoms. The second kappa shape index (κ2) is 6.86. The summed E-state index contributed by atoms with van der Waals surface area (Å²) in [5, 5.41) is 3.53. The number of rotatable bonds is 5. The van der Waals surface area contributed by atoms with Crippen molar-refractivity contribution in [2.75, 3.05) is 39.8 Å². The van der Waals surface area contributed by atoms with E-state index in [0.29, 0.717) is 0 Å². The first kappa shape index (κ1) is 16.4. The van der Waals surface area contributed by atoms with Gasteiger partial charge in [0.1, 0.15) is 5.82 Å². The maximum Gasteiger partial charge on any atom is 0.123 e. The number of benzene rings is 1. The lowest BCUT2D eigenvalue weighted by atomic mass is 10.0. The number of piperazine rings is 1. The van der Waals surface area contributed by atoms with Crippen LogP contribution in [0.25, 0.3) is 0 Å². The van der Waals surface area contributed by atoms with Crippen LogP contribution in [0, 0.1) is 12.7 Å². The van der Waals surface area contributed by atoms with Crippen molar-refractivity contribution < 1.29 is 4.39 Å². The van der Waals surface area contributed by atoms with Gasteiger partial charge in [0.15, 0.2) is 0 Å². The highest BCUT2D eigenvalue weighted by atomic mass is 19.1. The molecular weight excluding hydrogens is 265 g/mol. The van der Waals surface area contributed by atoms with Gasteiger partial charge in [-0.2, -0.15) is 0 Å². The number of nitrogens with zero attached hydrogens (tertiary/aromatic N) is 2. The number of nitrogens with one attached hydrogen (secondary N) is 1. The largest absolute Gasteiger partial charge is 0.311 e. The summed E-state index contributed by atoms with van der Waals surface area (Å²) >= 11 is 0. The molecule has 0 amide bonds. The van der Waals surface area contributed by atoms with Gasteiger partial charge >= 0.3 is 0 Å². The van der Waals surface area contributed by atoms with Gasteiger partial charge in [0, 0.05) is 44.8 Å². The predicted octanol–water partition coefficient (Wildman–Crippen LogP) is 2.25. The average Bonchev–Trinajstić information content (AvgIpc) is 2.41. The lowest BCUT2D eigenvalue weighted by Gasteiger charge is -2.43. The molecule has 1 heterocycles.